The van der Waals surface area contributed by atoms with Crippen LogP contribution in [0.3, 0.4) is 0 Å². The molecule has 0 heterocycles. The van der Waals surface area contributed by atoms with Crippen LogP contribution in [0.4, 0.5) is 5.69 Å². The third-order valence-corrected chi connectivity index (χ3v) is 2.58. The summed E-state index contributed by atoms with van der Waals surface area (Å²) in [5.41, 5.74) is 1.50. The van der Waals surface area contributed by atoms with E-state index in [1.165, 1.54) is 6.92 Å². The van der Waals surface area contributed by atoms with E-state index in [0.717, 1.165) is 5.56 Å². The van der Waals surface area contributed by atoms with Crippen molar-refractivity contribution < 1.29 is 15.0 Å². The summed E-state index contributed by atoms with van der Waals surface area (Å²) in [6.07, 6.45) is -0.604. The first-order chi connectivity index (χ1) is 8.52. The number of aliphatic hydroxyl groups excluding tert-OH is 2. The molecule has 5 heteroatoms. The number of nitrogens with zero attached hydrogens (tertiary/aromatic N) is 1. The molecule has 0 aliphatic heterocycles. The lowest BCUT2D eigenvalue weighted by Gasteiger charge is -2.19. The minimum absolute atomic E-state index is 0.0741. The summed E-state index contributed by atoms with van der Waals surface area (Å²) < 4.78 is 0. The number of nitrogens with one attached hydrogen (secondary N) is 1. The Hall–Kier alpha value is -1.43. The molecule has 0 aliphatic rings. The fourth-order valence-corrected chi connectivity index (χ4v) is 1.65. The van der Waals surface area contributed by atoms with Gasteiger partial charge in [-0.15, -0.1) is 0 Å². The van der Waals surface area contributed by atoms with Crippen LogP contribution in [0.1, 0.15) is 18.6 Å². The lowest BCUT2D eigenvalue weighted by Crippen LogP contribution is -2.27. The fourth-order valence-electron chi connectivity index (χ4n) is 1.65. The van der Waals surface area contributed by atoms with Crippen molar-refractivity contribution in [2.24, 2.45) is 0 Å². The van der Waals surface area contributed by atoms with Crippen molar-refractivity contribution in [3.8, 4) is 0 Å². The Labute approximate surface area is 107 Å². The lowest BCUT2D eigenvalue weighted by molar-refractivity contribution is -0.114. The molecule has 0 aromatic heterocycles. The van der Waals surface area contributed by atoms with Gasteiger partial charge in [-0.05, 0) is 24.7 Å². The molecular weight excluding hydrogens is 232 g/mol. The highest BCUT2D eigenvalue weighted by molar-refractivity contribution is 5.88. The number of carbonyl (C=O) groups is 1. The second-order valence-corrected chi connectivity index (χ2v) is 4.30. The van der Waals surface area contributed by atoms with Crippen molar-refractivity contribution in [2.75, 3.05) is 32.1 Å². The number of aliphatic hydroxyl groups is 2. The number of carbonyl (C=O) groups excluding carboxylic acids is 1. The van der Waals surface area contributed by atoms with Gasteiger partial charge in [-0.1, -0.05) is 12.1 Å². The molecule has 0 spiro atoms. The van der Waals surface area contributed by atoms with Gasteiger partial charge in [0.2, 0.25) is 5.91 Å². The van der Waals surface area contributed by atoms with E-state index in [1.807, 2.05) is 11.9 Å². The van der Waals surface area contributed by atoms with Gasteiger partial charge >= 0.3 is 0 Å². The van der Waals surface area contributed by atoms with Crippen LogP contribution < -0.4 is 5.32 Å². The van der Waals surface area contributed by atoms with Crippen molar-refractivity contribution in [1.29, 1.82) is 0 Å². The standard InChI is InChI=1S/C13H20N2O3/c1-10(17)14-12-5-3-11(4-6-12)13(18)9-15(2)7-8-16/h3-6,13,16,18H,7-9H2,1-2H3,(H,14,17). The fraction of sp³-hybridized carbons (Fsp3) is 0.462. The molecule has 1 aromatic rings. The molecule has 0 radical (unpaired) electrons. The summed E-state index contributed by atoms with van der Waals surface area (Å²) in [5.74, 6) is -0.119. The van der Waals surface area contributed by atoms with E-state index >= 15 is 0 Å². The van der Waals surface area contributed by atoms with Crippen LogP contribution >= 0.6 is 0 Å². The molecule has 1 atom stereocenters. The maximum atomic E-state index is 10.9. The molecule has 1 rings (SSSR count). The van der Waals surface area contributed by atoms with Gasteiger partial charge in [0.25, 0.3) is 0 Å². The Balaban J connectivity index is 2.58. The Morgan fingerprint density at radius 1 is 1.39 bits per heavy atom. The molecule has 1 amide bonds. The summed E-state index contributed by atoms with van der Waals surface area (Å²) in [4.78, 5) is 12.7. The lowest BCUT2D eigenvalue weighted by atomic mass is 10.1. The van der Waals surface area contributed by atoms with Gasteiger partial charge in [0, 0.05) is 25.7 Å². The Morgan fingerprint density at radius 3 is 2.50 bits per heavy atom. The van der Waals surface area contributed by atoms with Crippen molar-refractivity contribution in [2.45, 2.75) is 13.0 Å². The molecule has 1 unspecified atom stereocenters. The number of benzene rings is 1. The van der Waals surface area contributed by atoms with Crippen molar-refractivity contribution in [1.82, 2.24) is 4.90 Å². The van der Waals surface area contributed by atoms with Gasteiger partial charge in [0.1, 0.15) is 0 Å². The highest BCUT2D eigenvalue weighted by atomic mass is 16.3. The molecule has 3 N–H and O–H groups in total. The smallest absolute Gasteiger partial charge is 0.221 e. The SMILES string of the molecule is CC(=O)Nc1ccc(C(O)CN(C)CCO)cc1. The molecule has 18 heavy (non-hydrogen) atoms. The molecule has 100 valence electrons. The van der Waals surface area contributed by atoms with Gasteiger partial charge in [-0.3, -0.25) is 4.79 Å². The minimum atomic E-state index is -0.604. The van der Waals surface area contributed by atoms with E-state index in [9.17, 15) is 9.90 Å². The van der Waals surface area contributed by atoms with E-state index in [-0.39, 0.29) is 12.5 Å². The first-order valence-corrected chi connectivity index (χ1v) is 5.88. The van der Waals surface area contributed by atoms with E-state index < -0.39 is 6.10 Å². The first kappa shape index (κ1) is 14.6. The van der Waals surface area contributed by atoms with Crippen LogP contribution in [0.5, 0.6) is 0 Å². The summed E-state index contributed by atoms with van der Waals surface area (Å²) in [7, 11) is 1.84. The van der Waals surface area contributed by atoms with Crippen molar-refractivity contribution in [3.63, 3.8) is 0 Å². The number of anilines is 1. The maximum absolute atomic E-state index is 10.9. The van der Waals surface area contributed by atoms with Crippen molar-refractivity contribution >= 4 is 11.6 Å². The minimum Gasteiger partial charge on any atom is -0.395 e. The van der Waals surface area contributed by atoms with Crippen LogP contribution in [0.15, 0.2) is 24.3 Å². The molecule has 5 nitrogen and oxygen atoms in total. The largest absolute Gasteiger partial charge is 0.395 e. The predicted molar refractivity (Wildman–Crippen MR) is 70.3 cm³/mol. The van der Waals surface area contributed by atoms with E-state index in [1.54, 1.807) is 24.3 Å². The average molecular weight is 252 g/mol. The van der Waals surface area contributed by atoms with Crippen molar-refractivity contribution in [3.05, 3.63) is 29.8 Å². The monoisotopic (exact) mass is 252 g/mol. The molecule has 0 aliphatic carbocycles. The molecule has 0 fully saturated rings. The number of rotatable bonds is 6. The zero-order valence-corrected chi connectivity index (χ0v) is 10.8. The average Bonchev–Trinajstić information content (AvgIpc) is 2.29. The van der Waals surface area contributed by atoms with Crippen LogP contribution in [0.25, 0.3) is 0 Å². The normalized spacial score (nSPS) is 12.5. The number of hydrogen-bond donors (Lipinski definition) is 3. The predicted octanol–water partition coefficient (Wildman–Crippen LogP) is 0.602. The quantitative estimate of drug-likeness (QED) is 0.693. The second kappa shape index (κ2) is 7.10. The van der Waals surface area contributed by atoms with E-state index in [4.69, 9.17) is 5.11 Å². The molecule has 0 saturated carbocycles. The molecule has 0 bridgehead atoms. The molecular formula is C13H20N2O3. The summed E-state index contributed by atoms with van der Waals surface area (Å²) >= 11 is 0. The zero-order valence-electron chi connectivity index (χ0n) is 10.8. The Morgan fingerprint density at radius 2 is 2.00 bits per heavy atom. The molecule has 1 aromatic carbocycles. The maximum Gasteiger partial charge on any atom is 0.221 e. The topological polar surface area (TPSA) is 72.8 Å². The summed E-state index contributed by atoms with van der Waals surface area (Å²) in [6.45, 7) is 2.51. The van der Waals surface area contributed by atoms with Gasteiger partial charge in [-0.25, -0.2) is 0 Å². The summed E-state index contributed by atoms with van der Waals surface area (Å²) in [5, 5.41) is 21.4. The van der Waals surface area contributed by atoms with Crippen LogP contribution in [0, 0.1) is 0 Å². The van der Waals surface area contributed by atoms with Gasteiger partial charge in [0.15, 0.2) is 0 Å². The highest BCUT2D eigenvalue weighted by Crippen LogP contribution is 2.17. The van der Waals surface area contributed by atoms with Crippen LogP contribution in [0.2, 0.25) is 0 Å². The highest BCUT2D eigenvalue weighted by Gasteiger charge is 2.10. The Bertz CT molecular complexity index is 378. The number of likely N-dealkylation sites (N-methyl/N-ethyl adjacent to an activating group) is 1. The van der Waals surface area contributed by atoms with Crippen LogP contribution in [-0.2, 0) is 4.79 Å². The molecule has 0 saturated heterocycles. The van der Waals surface area contributed by atoms with Crippen LogP contribution in [-0.4, -0.2) is 47.8 Å². The third-order valence-electron chi connectivity index (χ3n) is 2.58. The van der Waals surface area contributed by atoms with Gasteiger partial charge < -0.3 is 20.4 Å². The Kier molecular flexibility index (Phi) is 5.77. The second-order valence-electron chi connectivity index (χ2n) is 4.30. The number of amides is 1. The third kappa shape index (κ3) is 4.83. The van der Waals surface area contributed by atoms with Gasteiger partial charge in [0.05, 0.1) is 12.7 Å². The summed E-state index contributed by atoms with van der Waals surface area (Å²) in [6, 6.07) is 7.07. The van der Waals surface area contributed by atoms with E-state index in [2.05, 4.69) is 5.32 Å². The van der Waals surface area contributed by atoms with E-state index in [0.29, 0.717) is 18.8 Å². The number of hydrogen-bond acceptors (Lipinski definition) is 4. The first-order valence-electron chi connectivity index (χ1n) is 5.88. The van der Waals surface area contributed by atoms with Gasteiger partial charge in [-0.2, -0.15) is 0 Å². The zero-order chi connectivity index (χ0) is 13.5.